The molecule has 0 unspecified atom stereocenters. The molecule has 0 amide bonds. The Balaban J connectivity index is 1.75. The summed E-state index contributed by atoms with van der Waals surface area (Å²) in [5.74, 6) is 2.72. The lowest BCUT2D eigenvalue weighted by Gasteiger charge is -2.26. The van der Waals surface area contributed by atoms with Crippen molar-refractivity contribution in [3.05, 3.63) is 41.5 Å². The first-order valence-corrected chi connectivity index (χ1v) is 7.63. The molecule has 5 nitrogen and oxygen atoms in total. The molecule has 1 aliphatic rings. The first kappa shape index (κ1) is 14.9. The Kier molecular flexibility index (Phi) is 4.07. The first-order chi connectivity index (χ1) is 10.6. The smallest absolute Gasteiger partial charge is 0.161 e. The molecule has 1 aromatic heterocycles. The van der Waals surface area contributed by atoms with Crippen molar-refractivity contribution in [3.8, 4) is 11.5 Å². The molecule has 0 radical (unpaired) electrons. The summed E-state index contributed by atoms with van der Waals surface area (Å²) < 4.78 is 13.4. The van der Waals surface area contributed by atoms with E-state index in [0.29, 0.717) is 13.2 Å². The molecule has 1 atom stereocenters. The number of ether oxygens (including phenoxy) is 2. The fourth-order valence-electron chi connectivity index (χ4n) is 2.66. The van der Waals surface area contributed by atoms with E-state index in [4.69, 9.17) is 9.47 Å². The van der Waals surface area contributed by atoms with Gasteiger partial charge >= 0.3 is 0 Å². The molecule has 3 rings (SSSR count). The molecular formula is C17H23N3O2. The van der Waals surface area contributed by atoms with E-state index in [-0.39, 0.29) is 6.04 Å². The van der Waals surface area contributed by atoms with Gasteiger partial charge in [0.2, 0.25) is 0 Å². The number of benzene rings is 1. The van der Waals surface area contributed by atoms with Crippen LogP contribution in [0, 0.1) is 6.92 Å². The predicted molar refractivity (Wildman–Crippen MR) is 85.3 cm³/mol. The molecule has 0 aliphatic carbocycles. The van der Waals surface area contributed by atoms with Gasteiger partial charge in [0, 0.05) is 25.8 Å². The Labute approximate surface area is 131 Å². The summed E-state index contributed by atoms with van der Waals surface area (Å²) in [6.45, 7) is 6.33. The number of nitrogens with zero attached hydrogens (tertiary/aromatic N) is 3. The Morgan fingerprint density at radius 1 is 1.27 bits per heavy atom. The van der Waals surface area contributed by atoms with Crippen LogP contribution in [0.15, 0.2) is 24.4 Å². The molecule has 0 N–H and O–H groups in total. The van der Waals surface area contributed by atoms with Crippen LogP contribution in [0.5, 0.6) is 11.5 Å². The topological polar surface area (TPSA) is 39.5 Å². The molecule has 1 aromatic carbocycles. The molecular weight excluding hydrogens is 278 g/mol. The van der Waals surface area contributed by atoms with E-state index in [1.54, 1.807) is 0 Å². The minimum absolute atomic E-state index is 0.283. The van der Waals surface area contributed by atoms with Crippen molar-refractivity contribution in [2.24, 2.45) is 7.05 Å². The van der Waals surface area contributed by atoms with Crippen LogP contribution in [0.25, 0.3) is 0 Å². The van der Waals surface area contributed by atoms with Crippen molar-refractivity contribution in [3.63, 3.8) is 0 Å². The molecule has 2 heterocycles. The quantitative estimate of drug-likeness (QED) is 0.870. The van der Waals surface area contributed by atoms with E-state index in [2.05, 4.69) is 47.6 Å². The maximum atomic E-state index is 5.68. The van der Waals surface area contributed by atoms with Gasteiger partial charge in [0.25, 0.3) is 0 Å². The normalized spacial score (nSPS) is 15.1. The molecule has 0 bridgehead atoms. The summed E-state index contributed by atoms with van der Waals surface area (Å²) in [7, 11) is 4.18. The molecule has 0 fully saturated rings. The van der Waals surface area contributed by atoms with Gasteiger partial charge in [-0.2, -0.15) is 0 Å². The van der Waals surface area contributed by atoms with Crippen molar-refractivity contribution in [1.82, 2.24) is 14.5 Å². The molecule has 0 spiro atoms. The SMILES string of the molecule is Cc1ncc(CN(C)[C@@H](C)c2ccc3c(c2)OCCO3)n1C. The Bertz CT molecular complexity index is 666. The number of imidazole rings is 1. The summed E-state index contributed by atoms with van der Waals surface area (Å²) in [5.41, 5.74) is 2.44. The Morgan fingerprint density at radius 3 is 2.68 bits per heavy atom. The van der Waals surface area contributed by atoms with Crippen molar-refractivity contribution in [1.29, 1.82) is 0 Å². The average Bonchev–Trinajstić information content (AvgIpc) is 2.85. The Hall–Kier alpha value is -2.01. The summed E-state index contributed by atoms with van der Waals surface area (Å²) in [6, 6.07) is 6.49. The van der Waals surface area contributed by atoms with Crippen LogP contribution < -0.4 is 9.47 Å². The monoisotopic (exact) mass is 301 g/mol. The molecule has 118 valence electrons. The number of aromatic nitrogens is 2. The maximum absolute atomic E-state index is 5.68. The van der Waals surface area contributed by atoms with Crippen LogP contribution in [0.4, 0.5) is 0 Å². The molecule has 0 saturated heterocycles. The minimum atomic E-state index is 0.283. The van der Waals surface area contributed by atoms with E-state index in [1.807, 2.05) is 19.2 Å². The van der Waals surface area contributed by atoms with Crippen molar-refractivity contribution in [2.45, 2.75) is 26.4 Å². The second-order valence-corrected chi connectivity index (χ2v) is 5.85. The predicted octanol–water partition coefficient (Wildman–Crippen LogP) is 2.69. The fourth-order valence-corrected chi connectivity index (χ4v) is 2.66. The van der Waals surface area contributed by atoms with Crippen molar-refractivity contribution >= 4 is 0 Å². The highest BCUT2D eigenvalue weighted by Crippen LogP contribution is 2.34. The highest BCUT2D eigenvalue weighted by atomic mass is 16.6. The zero-order valence-electron chi connectivity index (χ0n) is 13.7. The van der Waals surface area contributed by atoms with Crippen LogP contribution >= 0.6 is 0 Å². The number of hydrogen-bond acceptors (Lipinski definition) is 4. The molecule has 0 saturated carbocycles. The van der Waals surface area contributed by atoms with E-state index < -0.39 is 0 Å². The van der Waals surface area contributed by atoms with E-state index in [9.17, 15) is 0 Å². The number of rotatable bonds is 4. The van der Waals surface area contributed by atoms with Crippen LogP contribution in [0.1, 0.15) is 30.0 Å². The van der Waals surface area contributed by atoms with Crippen LogP contribution in [-0.4, -0.2) is 34.7 Å². The standard InChI is InChI=1S/C17H23N3O2/c1-12(19(3)11-15-10-18-13(2)20(15)4)14-5-6-16-17(9-14)22-8-7-21-16/h5-6,9-10,12H,7-8,11H2,1-4H3/t12-/m0/s1. The van der Waals surface area contributed by atoms with E-state index >= 15 is 0 Å². The Morgan fingerprint density at radius 2 is 2.00 bits per heavy atom. The summed E-state index contributed by atoms with van der Waals surface area (Å²) in [6.07, 6.45) is 1.95. The molecule has 1 aliphatic heterocycles. The van der Waals surface area contributed by atoms with Gasteiger partial charge in [-0.15, -0.1) is 0 Å². The van der Waals surface area contributed by atoms with Gasteiger partial charge in [0.05, 0.1) is 5.69 Å². The second kappa shape index (κ2) is 6.01. The lowest BCUT2D eigenvalue weighted by molar-refractivity contribution is 0.170. The van der Waals surface area contributed by atoms with Gasteiger partial charge in [-0.1, -0.05) is 6.07 Å². The van der Waals surface area contributed by atoms with Crippen LogP contribution in [0.3, 0.4) is 0 Å². The van der Waals surface area contributed by atoms with Crippen molar-refractivity contribution < 1.29 is 9.47 Å². The average molecular weight is 301 g/mol. The number of fused-ring (bicyclic) bond motifs is 1. The first-order valence-electron chi connectivity index (χ1n) is 7.63. The summed E-state index contributed by atoms with van der Waals surface area (Å²) >= 11 is 0. The van der Waals surface area contributed by atoms with Gasteiger partial charge in [-0.3, -0.25) is 4.90 Å². The zero-order chi connectivity index (χ0) is 15.7. The minimum Gasteiger partial charge on any atom is -0.486 e. The van der Waals surface area contributed by atoms with Gasteiger partial charge in [-0.25, -0.2) is 4.98 Å². The molecule has 5 heteroatoms. The van der Waals surface area contributed by atoms with E-state index in [1.165, 1.54) is 11.3 Å². The third-order valence-corrected chi connectivity index (χ3v) is 4.44. The second-order valence-electron chi connectivity index (χ2n) is 5.85. The van der Waals surface area contributed by atoms with E-state index in [0.717, 1.165) is 23.9 Å². The third-order valence-electron chi connectivity index (χ3n) is 4.44. The highest BCUT2D eigenvalue weighted by molar-refractivity contribution is 5.44. The molecule has 22 heavy (non-hydrogen) atoms. The van der Waals surface area contributed by atoms with Crippen molar-refractivity contribution in [2.75, 3.05) is 20.3 Å². The van der Waals surface area contributed by atoms with Gasteiger partial charge in [0.15, 0.2) is 11.5 Å². The lowest BCUT2D eigenvalue weighted by atomic mass is 10.1. The summed E-state index contributed by atoms with van der Waals surface area (Å²) in [5, 5.41) is 0. The van der Waals surface area contributed by atoms with Crippen LogP contribution in [-0.2, 0) is 13.6 Å². The molecule has 2 aromatic rings. The zero-order valence-corrected chi connectivity index (χ0v) is 13.7. The maximum Gasteiger partial charge on any atom is 0.161 e. The van der Waals surface area contributed by atoms with Crippen LogP contribution in [0.2, 0.25) is 0 Å². The summed E-state index contributed by atoms with van der Waals surface area (Å²) in [4.78, 5) is 6.67. The fraction of sp³-hybridized carbons (Fsp3) is 0.471. The third kappa shape index (κ3) is 2.81. The number of hydrogen-bond donors (Lipinski definition) is 0. The van der Waals surface area contributed by atoms with Gasteiger partial charge in [-0.05, 0) is 38.6 Å². The highest BCUT2D eigenvalue weighted by Gasteiger charge is 2.18. The lowest BCUT2D eigenvalue weighted by Crippen LogP contribution is -2.23. The number of aryl methyl sites for hydroxylation is 1. The largest absolute Gasteiger partial charge is 0.486 e. The van der Waals surface area contributed by atoms with Gasteiger partial charge < -0.3 is 14.0 Å². The van der Waals surface area contributed by atoms with Gasteiger partial charge in [0.1, 0.15) is 19.0 Å².